The Kier molecular flexibility index (Phi) is 7.92. The van der Waals surface area contributed by atoms with Crippen LogP contribution in [0, 0.1) is 0 Å². The normalized spacial score (nSPS) is 10.8. The van der Waals surface area contributed by atoms with Crippen molar-refractivity contribution in [2.45, 2.75) is 26.4 Å². The molecule has 6 nitrogen and oxygen atoms in total. The Bertz CT molecular complexity index is 706. The quantitative estimate of drug-likeness (QED) is 0.344. The smallest absolute Gasteiger partial charge is 0.306 e. The highest BCUT2D eigenvalue weighted by Crippen LogP contribution is 2.18. The van der Waals surface area contributed by atoms with E-state index in [9.17, 15) is 15.0 Å². The van der Waals surface area contributed by atoms with Crippen LogP contribution < -0.4 is 5.32 Å². The number of aromatic hydroxyl groups is 2. The average molecular weight is 358 g/mol. The zero-order valence-electron chi connectivity index (χ0n) is 15.0. The van der Waals surface area contributed by atoms with Crippen LogP contribution in [0.25, 0.3) is 0 Å². The number of ether oxygens (including phenoxy) is 1. The molecule has 0 radical (unpaired) electrons. The van der Waals surface area contributed by atoms with Crippen molar-refractivity contribution in [1.29, 1.82) is 0 Å². The number of hydrogen-bond donors (Lipinski definition) is 3. The fourth-order valence-electron chi connectivity index (χ4n) is 2.46. The predicted octanol–water partition coefficient (Wildman–Crippen LogP) is 2.60. The number of esters is 1. The van der Waals surface area contributed by atoms with E-state index < -0.39 is 0 Å². The Hall–Kier alpha value is -2.57. The summed E-state index contributed by atoms with van der Waals surface area (Å²) in [5, 5.41) is 23.0. The monoisotopic (exact) mass is 358 g/mol. The molecule has 0 saturated heterocycles. The summed E-state index contributed by atoms with van der Waals surface area (Å²) in [4.78, 5) is 13.4. The molecule has 140 valence electrons. The lowest BCUT2D eigenvalue weighted by molar-refractivity contribution is -0.148. The van der Waals surface area contributed by atoms with Gasteiger partial charge in [-0.15, -0.1) is 0 Å². The van der Waals surface area contributed by atoms with E-state index in [0.29, 0.717) is 32.6 Å². The van der Waals surface area contributed by atoms with E-state index >= 15 is 0 Å². The van der Waals surface area contributed by atoms with Crippen LogP contribution in [0.2, 0.25) is 0 Å². The zero-order chi connectivity index (χ0) is 18.8. The molecule has 0 atom stereocenters. The summed E-state index contributed by atoms with van der Waals surface area (Å²) in [5.41, 5.74) is 1.61. The van der Waals surface area contributed by atoms with Crippen LogP contribution in [0.15, 0.2) is 48.5 Å². The van der Waals surface area contributed by atoms with Gasteiger partial charge < -0.3 is 20.3 Å². The summed E-state index contributed by atoms with van der Waals surface area (Å²) in [6, 6.07) is 14.3. The van der Waals surface area contributed by atoms with E-state index in [4.69, 9.17) is 4.74 Å². The van der Waals surface area contributed by atoms with E-state index in [0.717, 1.165) is 11.1 Å². The molecule has 6 heteroatoms. The third kappa shape index (κ3) is 6.38. The van der Waals surface area contributed by atoms with Gasteiger partial charge in [0.2, 0.25) is 0 Å². The number of hydrogen-bond acceptors (Lipinski definition) is 6. The molecule has 0 aromatic heterocycles. The maximum atomic E-state index is 11.4. The van der Waals surface area contributed by atoms with Gasteiger partial charge in [-0.1, -0.05) is 43.3 Å². The number of rotatable bonds is 10. The first-order valence-electron chi connectivity index (χ1n) is 8.72. The number of benzene rings is 2. The highest BCUT2D eigenvalue weighted by Gasteiger charge is 2.11. The maximum Gasteiger partial charge on any atom is 0.306 e. The van der Waals surface area contributed by atoms with Gasteiger partial charge in [0.15, 0.2) is 0 Å². The van der Waals surface area contributed by atoms with Crippen LogP contribution in [0.3, 0.4) is 0 Å². The molecule has 0 amide bonds. The first kappa shape index (κ1) is 19.8. The molecule has 0 unspecified atom stereocenters. The molecule has 26 heavy (non-hydrogen) atoms. The van der Waals surface area contributed by atoms with Crippen LogP contribution in [0.4, 0.5) is 0 Å². The van der Waals surface area contributed by atoms with E-state index in [-0.39, 0.29) is 24.2 Å². The summed E-state index contributed by atoms with van der Waals surface area (Å²) in [6.07, 6.45) is 0.329. The minimum absolute atomic E-state index is 0.166. The van der Waals surface area contributed by atoms with Gasteiger partial charge >= 0.3 is 5.97 Å². The molecule has 0 aliphatic heterocycles. The van der Waals surface area contributed by atoms with Gasteiger partial charge in [-0.05, 0) is 12.1 Å². The third-order valence-corrected chi connectivity index (χ3v) is 3.99. The molecule has 2 rings (SSSR count). The second-order valence-corrected chi connectivity index (χ2v) is 5.99. The molecule has 3 N–H and O–H groups in total. The minimum Gasteiger partial charge on any atom is -0.508 e. The summed E-state index contributed by atoms with van der Waals surface area (Å²) in [7, 11) is 0. The van der Waals surface area contributed by atoms with Crippen molar-refractivity contribution in [2.75, 3.05) is 19.8 Å². The highest BCUT2D eigenvalue weighted by atomic mass is 16.5. The number of para-hydroxylation sites is 2. The van der Waals surface area contributed by atoms with Gasteiger partial charge in [0, 0.05) is 43.7 Å². The molecule has 0 aliphatic carbocycles. The molecular weight excluding hydrogens is 332 g/mol. The number of phenols is 2. The van der Waals surface area contributed by atoms with Gasteiger partial charge in [0.1, 0.15) is 18.2 Å². The van der Waals surface area contributed by atoms with Crippen LogP contribution in [0.5, 0.6) is 11.5 Å². The molecule has 2 aromatic rings. The van der Waals surface area contributed by atoms with Gasteiger partial charge in [-0.25, -0.2) is 0 Å². The van der Waals surface area contributed by atoms with Gasteiger partial charge in [0.25, 0.3) is 0 Å². The maximum absolute atomic E-state index is 11.4. The summed E-state index contributed by atoms with van der Waals surface area (Å²) < 4.78 is 5.24. The van der Waals surface area contributed by atoms with Crippen molar-refractivity contribution >= 4 is 5.97 Å². The van der Waals surface area contributed by atoms with Crippen molar-refractivity contribution in [3.05, 3.63) is 59.7 Å². The van der Waals surface area contributed by atoms with Crippen molar-refractivity contribution in [1.82, 2.24) is 10.2 Å². The fraction of sp³-hybridized carbons (Fsp3) is 0.350. The molecule has 2 aromatic carbocycles. The average Bonchev–Trinajstić information content (AvgIpc) is 2.65. The van der Waals surface area contributed by atoms with Crippen LogP contribution in [-0.2, 0) is 22.6 Å². The van der Waals surface area contributed by atoms with E-state index in [2.05, 4.69) is 5.32 Å². The molecule has 0 saturated carbocycles. The fourth-order valence-corrected chi connectivity index (χ4v) is 2.46. The van der Waals surface area contributed by atoms with Crippen molar-refractivity contribution < 1.29 is 19.7 Å². The lowest BCUT2D eigenvalue weighted by atomic mass is 10.2. The Labute approximate surface area is 154 Å². The highest BCUT2D eigenvalue weighted by molar-refractivity contribution is 5.68. The Morgan fingerprint density at radius 3 is 2.27 bits per heavy atom. The lowest BCUT2D eigenvalue weighted by Gasteiger charge is -2.22. The molecule has 0 aliphatic rings. The van der Waals surface area contributed by atoms with Gasteiger partial charge in [-0.2, -0.15) is 0 Å². The second-order valence-electron chi connectivity index (χ2n) is 5.99. The van der Waals surface area contributed by atoms with Crippen molar-refractivity contribution in [3.8, 4) is 11.5 Å². The summed E-state index contributed by atoms with van der Waals surface area (Å²) in [5.74, 6) is 0.235. The van der Waals surface area contributed by atoms with Gasteiger partial charge in [-0.3, -0.25) is 9.69 Å². The van der Waals surface area contributed by atoms with Crippen LogP contribution in [-0.4, -0.2) is 40.9 Å². The van der Waals surface area contributed by atoms with E-state index in [1.165, 1.54) is 0 Å². The Morgan fingerprint density at radius 1 is 1.04 bits per heavy atom. The molecule has 0 bridgehead atoms. The molecule has 0 fully saturated rings. The van der Waals surface area contributed by atoms with Crippen molar-refractivity contribution in [3.63, 3.8) is 0 Å². The SMILES string of the molecule is CCC(=O)OCN(CCNCc1ccccc1O)Cc1ccccc1O. The van der Waals surface area contributed by atoms with E-state index in [1.54, 1.807) is 31.2 Å². The van der Waals surface area contributed by atoms with Crippen molar-refractivity contribution in [2.24, 2.45) is 0 Å². The number of nitrogens with one attached hydrogen (secondary N) is 1. The molecular formula is C20H26N2O4. The standard InChI is InChI=1S/C20H26N2O4/c1-2-20(25)26-15-22(14-17-8-4-6-10-19(17)24)12-11-21-13-16-7-3-5-9-18(16)23/h3-10,21,23-24H,2,11-15H2,1H3. The first-order chi connectivity index (χ1) is 12.6. The van der Waals surface area contributed by atoms with Gasteiger partial charge in [0.05, 0.1) is 0 Å². The number of carbonyl (C=O) groups excluding carboxylic acids is 1. The minimum atomic E-state index is -0.255. The topological polar surface area (TPSA) is 82.0 Å². The second kappa shape index (κ2) is 10.4. The zero-order valence-corrected chi connectivity index (χ0v) is 15.0. The Balaban J connectivity index is 1.87. The van der Waals surface area contributed by atoms with Crippen LogP contribution >= 0.6 is 0 Å². The Morgan fingerprint density at radius 2 is 1.65 bits per heavy atom. The number of nitrogens with zero attached hydrogens (tertiary/aromatic N) is 1. The lowest BCUT2D eigenvalue weighted by Crippen LogP contribution is -2.34. The molecule has 0 spiro atoms. The van der Waals surface area contributed by atoms with Crippen LogP contribution in [0.1, 0.15) is 24.5 Å². The van der Waals surface area contributed by atoms with E-state index in [1.807, 2.05) is 29.2 Å². The molecule has 0 heterocycles. The third-order valence-electron chi connectivity index (χ3n) is 3.99. The summed E-state index contributed by atoms with van der Waals surface area (Å²) in [6.45, 7) is 4.21. The largest absolute Gasteiger partial charge is 0.508 e. The summed E-state index contributed by atoms with van der Waals surface area (Å²) >= 11 is 0. The number of phenolic OH excluding ortho intramolecular Hbond substituents is 2. The predicted molar refractivity (Wildman–Crippen MR) is 99.6 cm³/mol. The number of carbonyl (C=O) groups is 1. The first-order valence-corrected chi connectivity index (χ1v) is 8.72.